The minimum atomic E-state index is -0.490. The van der Waals surface area contributed by atoms with Crippen molar-refractivity contribution in [3.63, 3.8) is 0 Å². The van der Waals surface area contributed by atoms with E-state index in [9.17, 15) is 4.79 Å². The highest BCUT2D eigenvalue weighted by Crippen LogP contribution is 2.38. The molecule has 1 aliphatic heterocycles. The molecule has 0 N–H and O–H groups in total. The highest BCUT2D eigenvalue weighted by molar-refractivity contribution is 5.95. The second-order valence-corrected chi connectivity index (χ2v) is 6.33. The third kappa shape index (κ3) is 2.69. The van der Waals surface area contributed by atoms with Crippen molar-refractivity contribution >= 4 is 5.91 Å². The summed E-state index contributed by atoms with van der Waals surface area (Å²) in [5, 5.41) is 0. The highest BCUT2D eigenvalue weighted by Gasteiger charge is 2.44. The zero-order valence-electron chi connectivity index (χ0n) is 14.0. The molecule has 0 bridgehead atoms. The van der Waals surface area contributed by atoms with Crippen molar-refractivity contribution in [1.29, 1.82) is 0 Å². The van der Waals surface area contributed by atoms with Gasteiger partial charge < -0.3 is 4.90 Å². The first-order chi connectivity index (χ1) is 10.9. The van der Waals surface area contributed by atoms with Crippen LogP contribution in [0, 0.1) is 20.8 Å². The standard InChI is InChI=1S/C17H21N5O/c1-11-8-12(2)21-16(20-11)17(4)6-5-7-22(17)15(23)14-9-18-10-19-13(14)3/h8-10H,5-7H2,1-4H3/t17-/m0/s1. The minimum absolute atomic E-state index is 0.0501. The Morgan fingerprint density at radius 2 is 1.91 bits per heavy atom. The summed E-state index contributed by atoms with van der Waals surface area (Å²) in [5.74, 6) is 0.668. The van der Waals surface area contributed by atoms with Gasteiger partial charge in [-0.1, -0.05) is 0 Å². The molecule has 0 radical (unpaired) electrons. The van der Waals surface area contributed by atoms with Crippen molar-refractivity contribution < 1.29 is 4.79 Å². The number of hydrogen-bond acceptors (Lipinski definition) is 5. The molecular formula is C17H21N5O. The fourth-order valence-corrected chi connectivity index (χ4v) is 3.23. The van der Waals surface area contributed by atoms with Gasteiger partial charge in [0.25, 0.3) is 5.91 Å². The first kappa shape index (κ1) is 15.5. The monoisotopic (exact) mass is 311 g/mol. The lowest BCUT2D eigenvalue weighted by Gasteiger charge is -2.34. The quantitative estimate of drug-likeness (QED) is 0.851. The van der Waals surface area contributed by atoms with Gasteiger partial charge >= 0.3 is 0 Å². The average molecular weight is 311 g/mol. The number of nitrogens with zero attached hydrogens (tertiary/aromatic N) is 5. The van der Waals surface area contributed by atoms with Crippen LogP contribution < -0.4 is 0 Å². The normalized spacial score (nSPS) is 20.8. The maximum Gasteiger partial charge on any atom is 0.258 e. The summed E-state index contributed by atoms with van der Waals surface area (Å²) < 4.78 is 0. The van der Waals surface area contributed by atoms with Gasteiger partial charge in [-0.15, -0.1) is 0 Å². The molecule has 23 heavy (non-hydrogen) atoms. The summed E-state index contributed by atoms with van der Waals surface area (Å²) in [4.78, 5) is 32.2. The molecule has 0 spiro atoms. The fourth-order valence-electron chi connectivity index (χ4n) is 3.23. The molecule has 1 atom stereocenters. The molecule has 1 fully saturated rings. The number of rotatable bonds is 2. The van der Waals surface area contributed by atoms with Crippen LogP contribution in [0.15, 0.2) is 18.6 Å². The van der Waals surface area contributed by atoms with E-state index in [-0.39, 0.29) is 5.91 Å². The Bertz CT molecular complexity index is 740. The molecule has 0 aromatic carbocycles. The highest BCUT2D eigenvalue weighted by atomic mass is 16.2. The molecule has 1 amide bonds. The van der Waals surface area contributed by atoms with Crippen LogP contribution >= 0.6 is 0 Å². The second kappa shape index (κ2) is 5.68. The van der Waals surface area contributed by atoms with Gasteiger partial charge in [-0.05, 0) is 46.6 Å². The van der Waals surface area contributed by atoms with Crippen molar-refractivity contribution in [3.8, 4) is 0 Å². The summed E-state index contributed by atoms with van der Waals surface area (Å²) in [5.41, 5.74) is 2.60. The lowest BCUT2D eigenvalue weighted by molar-refractivity contribution is 0.0601. The Morgan fingerprint density at radius 1 is 1.22 bits per heavy atom. The lowest BCUT2D eigenvalue weighted by atomic mass is 9.96. The summed E-state index contributed by atoms with van der Waals surface area (Å²) >= 11 is 0. The van der Waals surface area contributed by atoms with Gasteiger partial charge in [0.05, 0.1) is 11.3 Å². The molecule has 2 aromatic heterocycles. The number of carbonyl (C=O) groups excluding carboxylic acids is 1. The maximum atomic E-state index is 13.0. The molecular weight excluding hydrogens is 290 g/mol. The van der Waals surface area contributed by atoms with E-state index in [1.54, 1.807) is 6.20 Å². The fraction of sp³-hybridized carbons (Fsp3) is 0.471. The molecule has 0 unspecified atom stereocenters. The Morgan fingerprint density at radius 3 is 2.57 bits per heavy atom. The van der Waals surface area contributed by atoms with Gasteiger partial charge in [0.15, 0.2) is 5.82 Å². The number of aryl methyl sites for hydroxylation is 3. The van der Waals surface area contributed by atoms with Crippen LogP contribution in [0.25, 0.3) is 0 Å². The van der Waals surface area contributed by atoms with Gasteiger partial charge in [0.1, 0.15) is 11.9 Å². The van der Waals surface area contributed by atoms with E-state index in [1.807, 2.05) is 38.7 Å². The van der Waals surface area contributed by atoms with Crippen LogP contribution in [0.1, 0.15) is 53.0 Å². The van der Waals surface area contributed by atoms with Gasteiger partial charge in [-0.3, -0.25) is 4.79 Å². The van der Waals surface area contributed by atoms with E-state index in [1.165, 1.54) is 6.33 Å². The van der Waals surface area contributed by atoms with E-state index >= 15 is 0 Å². The van der Waals surface area contributed by atoms with Gasteiger partial charge in [-0.2, -0.15) is 0 Å². The van der Waals surface area contributed by atoms with Gasteiger partial charge in [0.2, 0.25) is 0 Å². The minimum Gasteiger partial charge on any atom is -0.326 e. The predicted octanol–water partition coefficient (Wildman–Crippen LogP) is 2.34. The lowest BCUT2D eigenvalue weighted by Crippen LogP contribution is -2.44. The molecule has 1 aliphatic rings. The molecule has 2 aromatic rings. The molecule has 6 nitrogen and oxygen atoms in total. The third-order valence-corrected chi connectivity index (χ3v) is 4.49. The predicted molar refractivity (Wildman–Crippen MR) is 85.9 cm³/mol. The maximum absolute atomic E-state index is 13.0. The number of hydrogen-bond donors (Lipinski definition) is 0. The first-order valence-electron chi connectivity index (χ1n) is 7.83. The topological polar surface area (TPSA) is 71.9 Å². The van der Waals surface area contributed by atoms with Crippen molar-refractivity contribution in [2.45, 2.75) is 46.1 Å². The van der Waals surface area contributed by atoms with Crippen molar-refractivity contribution in [2.75, 3.05) is 6.54 Å². The molecule has 0 aliphatic carbocycles. The average Bonchev–Trinajstić information content (AvgIpc) is 2.89. The summed E-state index contributed by atoms with van der Waals surface area (Å²) in [6.45, 7) is 8.48. The number of carbonyl (C=O) groups is 1. The SMILES string of the molecule is Cc1cc(C)nc([C@]2(C)CCCN2C(=O)c2cncnc2C)n1. The van der Waals surface area contributed by atoms with Crippen molar-refractivity contribution in [3.05, 3.63) is 47.1 Å². The molecule has 120 valence electrons. The molecule has 0 saturated carbocycles. The summed E-state index contributed by atoms with van der Waals surface area (Å²) in [7, 11) is 0. The number of likely N-dealkylation sites (tertiary alicyclic amines) is 1. The van der Waals surface area contributed by atoms with Crippen LogP contribution in [0.5, 0.6) is 0 Å². The van der Waals surface area contributed by atoms with E-state index in [4.69, 9.17) is 0 Å². The van der Waals surface area contributed by atoms with Crippen LogP contribution in [0.4, 0.5) is 0 Å². The molecule has 6 heteroatoms. The van der Waals surface area contributed by atoms with Crippen LogP contribution in [0.2, 0.25) is 0 Å². The zero-order valence-corrected chi connectivity index (χ0v) is 14.0. The molecule has 1 saturated heterocycles. The smallest absolute Gasteiger partial charge is 0.258 e. The van der Waals surface area contributed by atoms with E-state index < -0.39 is 5.54 Å². The molecule has 3 rings (SSSR count). The van der Waals surface area contributed by atoms with E-state index in [2.05, 4.69) is 19.9 Å². The number of amides is 1. The van der Waals surface area contributed by atoms with Crippen molar-refractivity contribution in [1.82, 2.24) is 24.8 Å². The van der Waals surface area contributed by atoms with Crippen LogP contribution in [-0.4, -0.2) is 37.3 Å². The van der Waals surface area contributed by atoms with Gasteiger partial charge in [-0.25, -0.2) is 19.9 Å². The van der Waals surface area contributed by atoms with Crippen LogP contribution in [-0.2, 0) is 5.54 Å². The zero-order chi connectivity index (χ0) is 16.6. The Hall–Kier alpha value is -2.37. The van der Waals surface area contributed by atoms with Gasteiger partial charge in [0, 0.05) is 24.1 Å². The van der Waals surface area contributed by atoms with Crippen LogP contribution in [0.3, 0.4) is 0 Å². The Labute approximate surface area is 136 Å². The largest absolute Gasteiger partial charge is 0.326 e. The third-order valence-electron chi connectivity index (χ3n) is 4.49. The number of aromatic nitrogens is 4. The Kier molecular flexibility index (Phi) is 3.83. The first-order valence-corrected chi connectivity index (χ1v) is 7.83. The molecule has 3 heterocycles. The van der Waals surface area contributed by atoms with E-state index in [0.29, 0.717) is 17.8 Å². The van der Waals surface area contributed by atoms with E-state index in [0.717, 1.165) is 30.1 Å². The summed E-state index contributed by atoms with van der Waals surface area (Å²) in [6.07, 6.45) is 4.84. The van der Waals surface area contributed by atoms with Crippen molar-refractivity contribution in [2.24, 2.45) is 0 Å². The summed E-state index contributed by atoms with van der Waals surface area (Å²) in [6, 6.07) is 1.95. The second-order valence-electron chi connectivity index (χ2n) is 6.33. The Balaban J connectivity index is 2.02.